The maximum Gasteiger partial charge on any atom is 0.737 e. The van der Waals surface area contributed by atoms with E-state index in [0.29, 0.717) is 28.1 Å². The van der Waals surface area contributed by atoms with Gasteiger partial charge in [0.2, 0.25) is 5.91 Å². The number of phenolic OH excluding ortho intramolecular Hbond substituents is 1. The zero-order chi connectivity index (χ0) is 28.1. The maximum atomic E-state index is 15.9. The Labute approximate surface area is 219 Å². The minimum Gasteiger partial charge on any atom is -0.507 e. The van der Waals surface area contributed by atoms with E-state index in [9.17, 15) is 23.1 Å². The monoisotopic (exact) mass is 541 g/mol. The lowest BCUT2D eigenvalue weighted by molar-refractivity contribution is -0.356. The molecule has 2 aliphatic heterocycles. The summed E-state index contributed by atoms with van der Waals surface area (Å²) in [7, 11) is 0. The van der Waals surface area contributed by atoms with Gasteiger partial charge in [0.25, 0.3) is 0 Å². The molecule has 0 spiro atoms. The highest BCUT2D eigenvalue weighted by atomic mass is 19.4. The van der Waals surface area contributed by atoms with Gasteiger partial charge in [-0.05, 0) is 66.6 Å². The fourth-order valence-electron chi connectivity index (χ4n) is 4.83. The summed E-state index contributed by atoms with van der Waals surface area (Å²) in [5.74, 6) is -1.15. The zero-order valence-corrected chi connectivity index (χ0v) is 20.6. The van der Waals surface area contributed by atoms with E-state index in [0.717, 1.165) is 27.2 Å². The number of alkyl halides is 3. The fraction of sp³-hybridized carbons (Fsp3) is 0.111. The molecule has 0 radical (unpaired) electrons. The molecule has 1 amide bonds. The van der Waals surface area contributed by atoms with Crippen molar-refractivity contribution in [2.75, 3.05) is 5.32 Å². The average molecular weight is 541 g/mol. The quantitative estimate of drug-likeness (QED) is 0.300. The lowest BCUT2D eigenvalue weighted by Crippen LogP contribution is -2.50. The van der Waals surface area contributed by atoms with Crippen molar-refractivity contribution in [2.24, 2.45) is 0 Å². The SMILES string of the molecule is CC(=O)Nc1ccc(C2=C3C=CC=[N+]3[B-](F)(F)n3c(/C=C/c4cc(OC(F)(F)F)ccc4O)cc(C)c32)cc1. The number of allylic oxidation sites excluding steroid dienone is 2. The summed E-state index contributed by atoms with van der Waals surface area (Å²) < 4.78 is 75.5. The number of aromatic hydroxyl groups is 1. The molecule has 3 aromatic rings. The zero-order valence-electron chi connectivity index (χ0n) is 20.6. The number of nitrogens with one attached hydrogen (secondary N) is 1. The minimum absolute atomic E-state index is 0.0454. The molecule has 0 bridgehead atoms. The van der Waals surface area contributed by atoms with E-state index in [1.54, 1.807) is 43.3 Å². The van der Waals surface area contributed by atoms with E-state index in [-0.39, 0.29) is 28.6 Å². The van der Waals surface area contributed by atoms with Gasteiger partial charge in [-0.3, -0.25) is 4.79 Å². The first-order valence-corrected chi connectivity index (χ1v) is 11.8. The third kappa shape index (κ3) is 4.85. The van der Waals surface area contributed by atoms with Crippen LogP contribution in [0.15, 0.2) is 66.4 Å². The molecule has 0 saturated carbocycles. The number of carbonyl (C=O) groups excluding carboxylic acids is 1. The molecule has 0 unspecified atom stereocenters. The van der Waals surface area contributed by atoms with Gasteiger partial charge in [-0.25, -0.2) is 0 Å². The molecular weight excluding hydrogens is 520 g/mol. The van der Waals surface area contributed by atoms with Crippen LogP contribution in [0, 0.1) is 6.92 Å². The van der Waals surface area contributed by atoms with E-state index in [2.05, 4.69) is 10.1 Å². The summed E-state index contributed by atoms with van der Waals surface area (Å²) in [5.41, 5.74) is 2.91. The number of halogens is 5. The van der Waals surface area contributed by atoms with Gasteiger partial charge >= 0.3 is 13.3 Å². The highest BCUT2D eigenvalue weighted by Crippen LogP contribution is 2.42. The second kappa shape index (κ2) is 9.30. The van der Waals surface area contributed by atoms with Gasteiger partial charge in [-0.2, -0.15) is 0 Å². The Hall–Kier alpha value is -4.61. The Morgan fingerprint density at radius 3 is 2.49 bits per heavy atom. The van der Waals surface area contributed by atoms with Gasteiger partial charge < -0.3 is 32.8 Å². The highest BCUT2D eigenvalue weighted by molar-refractivity contribution is 6.58. The Morgan fingerprint density at radius 2 is 1.82 bits per heavy atom. The van der Waals surface area contributed by atoms with Crippen LogP contribution in [0.1, 0.15) is 35.0 Å². The van der Waals surface area contributed by atoms with E-state index >= 15 is 8.63 Å². The molecule has 2 N–H and O–H groups in total. The lowest BCUT2D eigenvalue weighted by atomic mass is 9.85. The molecule has 3 heterocycles. The molecule has 12 heteroatoms. The standard InChI is InChI=1S/C27H21BF5N3O3/c1-16-14-21(10-7-19-15-22(11-12-24(19)38)39-27(29,30)31)36-26(16)25(23-4-3-13-35(23)28(36,32)33)18-5-8-20(9-6-18)34-17(2)37/h3-15,38H,1-2H3,(H,34,37)/b10-7+. The van der Waals surface area contributed by atoms with Gasteiger partial charge in [-0.1, -0.05) is 12.1 Å². The molecule has 5 rings (SSSR count). The molecule has 200 valence electrons. The second-order valence-electron chi connectivity index (χ2n) is 9.10. The van der Waals surface area contributed by atoms with Crippen LogP contribution in [0.5, 0.6) is 11.5 Å². The summed E-state index contributed by atoms with van der Waals surface area (Å²) in [6.07, 6.45) is 2.04. The lowest BCUT2D eigenvalue weighted by Gasteiger charge is -2.32. The largest absolute Gasteiger partial charge is 0.737 e. The number of phenols is 1. The molecule has 39 heavy (non-hydrogen) atoms. The van der Waals surface area contributed by atoms with Crippen molar-refractivity contribution in [3.05, 3.63) is 94.5 Å². The van der Waals surface area contributed by atoms with Crippen molar-refractivity contribution in [1.29, 1.82) is 0 Å². The molecule has 0 atom stereocenters. The summed E-state index contributed by atoms with van der Waals surface area (Å²) in [6, 6.07) is 11.3. The molecule has 2 aromatic carbocycles. The van der Waals surface area contributed by atoms with Gasteiger partial charge in [0.15, 0.2) is 5.70 Å². The van der Waals surface area contributed by atoms with Gasteiger partial charge in [0.1, 0.15) is 17.7 Å². The molecule has 0 aliphatic carbocycles. The van der Waals surface area contributed by atoms with Crippen LogP contribution >= 0.6 is 0 Å². The molecule has 6 nitrogen and oxygen atoms in total. The molecule has 0 fully saturated rings. The van der Waals surface area contributed by atoms with E-state index in [1.165, 1.54) is 31.4 Å². The van der Waals surface area contributed by atoms with E-state index in [4.69, 9.17) is 0 Å². The van der Waals surface area contributed by atoms with Crippen LogP contribution in [-0.4, -0.2) is 39.5 Å². The average Bonchev–Trinajstić information content (AvgIpc) is 3.46. The first-order valence-electron chi connectivity index (χ1n) is 11.8. The van der Waals surface area contributed by atoms with Crippen molar-refractivity contribution >= 4 is 42.5 Å². The number of fused-ring (bicyclic) bond motifs is 2. The van der Waals surface area contributed by atoms with Crippen LogP contribution < -0.4 is 10.1 Å². The second-order valence-corrected chi connectivity index (χ2v) is 9.10. The van der Waals surface area contributed by atoms with E-state index < -0.39 is 19.1 Å². The molecule has 2 aliphatic rings. The van der Waals surface area contributed by atoms with Gasteiger partial charge in [0, 0.05) is 41.7 Å². The van der Waals surface area contributed by atoms with Gasteiger partial charge in [-0.15, -0.1) is 13.2 Å². The van der Waals surface area contributed by atoms with Crippen molar-refractivity contribution in [3.8, 4) is 11.5 Å². The first-order chi connectivity index (χ1) is 18.3. The number of rotatable bonds is 5. The van der Waals surface area contributed by atoms with Crippen LogP contribution in [0.25, 0.3) is 17.7 Å². The van der Waals surface area contributed by atoms with Crippen molar-refractivity contribution in [3.63, 3.8) is 0 Å². The first kappa shape index (κ1) is 26.0. The predicted molar refractivity (Wildman–Crippen MR) is 138 cm³/mol. The Morgan fingerprint density at radius 1 is 1.10 bits per heavy atom. The molecular formula is C27H21BF5N3O3. The van der Waals surface area contributed by atoms with Crippen LogP contribution in [0.4, 0.5) is 27.5 Å². The van der Waals surface area contributed by atoms with Crippen LogP contribution in [-0.2, 0) is 4.79 Å². The number of aryl methyl sites for hydroxylation is 1. The number of benzene rings is 2. The number of carbonyl (C=O) groups is 1. The minimum atomic E-state index is -4.93. The third-order valence-corrected chi connectivity index (χ3v) is 6.33. The Kier molecular flexibility index (Phi) is 6.20. The number of hydrogen-bond acceptors (Lipinski definition) is 3. The summed E-state index contributed by atoms with van der Waals surface area (Å²) in [6.45, 7) is -1.27. The summed E-state index contributed by atoms with van der Waals surface area (Å²) in [4.78, 5) is 11.4. The summed E-state index contributed by atoms with van der Waals surface area (Å²) >= 11 is 0. The van der Waals surface area contributed by atoms with Crippen molar-refractivity contribution < 1.29 is 40.9 Å². The number of ether oxygens (including phenoxy) is 1. The smallest absolute Gasteiger partial charge is 0.507 e. The number of aromatic nitrogens is 1. The number of anilines is 1. The molecule has 1 aromatic heterocycles. The Bertz CT molecular complexity index is 1620. The molecule has 0 saturated heterocycles. The number of amides is 1. The van der Waals surface area contributed by atoms with Crippen LogP contribution in [0.3, 0.4) is 0 Å². The number of hydrogen-bond donors (Lipinski definition) is 2. The normalized spacial score (nSPS) is 15.8. The highest BCUT2D eigenvalue weighted by Gasteiger charge is 2.53. The van der Waals surface area contributed by atoms with Crippen molar-refractivity contribution in [2.45, 2.75) is 20.2 Å². The summed E-state index contributed by atoms with van der Waals surface area (Å²) in [5, 5.41) is 12.8. The van der Waals surface area contributed by atoms with Gasteiger partial charge in [0.05, 0.1) is 5.57 Å². The van der Waals surface area contributed by atoms with Crippen LogP contribution in [0.2, 0.25) is 0 Å². The fourth-order valence-corrected chi connectivity index (χ4v) is 4.83. The van der Waals surface area contributed by atoms with Crippen molar-refractivity contribution in [1.82, 2.24) is 4.48 Å². The topological polar surface area (TPSA) is 66.5 Å². The number of nitrogens with zero attached hydrogens (tertiary/aromatic N) is 2. The Balaban J connectivity index is 1.61. The maximum absolute atomic E-state index is 15.9. The third-order valence-electron chi connectivity index (χ3n) is 6.33. The van der Waals surface area contributed by atoms with E-state index in [1.807, 2.05) is 0 Å². The predicted octanol–water partition coefficient (Wildman–Crippen LogP) is 6.18.